The molecule has 0 bridgehead atoms. The Morgan fingerprint density at radius 2 is 1.95 bits per heavy atom. The van der Waals surface area contributed by atoms with E-state index in [-0.39, 0.29) is 18.3 Å². The number of hydrogen-bond acceptors (Lipinski definition) is 4. The van der Waals surface area contributed by atoms with Crippen LogP contribution in [0.4, 0.5) is 0 Å². The van der Waals surface area contributed by atoms with E-state index in [1.54, 1.807) is 0 Å². The van der Waals surface area contributed by atoms with E-state index in [0.717, 1.165) is 31.2 Å². The van der Waals surface area contributed by atoms with Gasteiger partial charge in [0.15, 0.2) is 0 Å². The molecule has 1 aromatic rings. The van der Waals surface area contributed by atoms with Crippen molar-refractivity contribution in [2.75, 3.05) is 0 Å². The molecule has 1 atom stereocenters. The van der Waals surface area contributed by atoms with E-state index in [9.17, 15) is 9.59 Å². The van der Waals surface area contributed by atoms with Crippen LogP contribution < -0.4 is 0 Å². The molecule has 1 fully saturated rings. The van der Waals surface area contributed by atoms with Crippen molar-refractivity contribution in [3.05, 3.63) is 35.9 Å². The first-order chi connectivity index (χ1) is 9.79. The van der Waals surface area contributed by atoms with Crippen LogP contribution in [0.5, 0.6) is 0 Å². The minimum absolute atomic E-state index is 0.157. The van der Waals surface area contributed by atoms with E-state index in [4.69, 9.17) is 4.74 Å². The van der Waals surface area contributed by atoms with Gasteiger partial charge in [0.05, 0.1) is 6.42 Å². The topological polar surface area (TPSA) is 55.7 Å². The lowest BCUT2D eigenvalue weighted by molar-refractivity contribution is -0.151. The first-order valence-corrected chi connectivity index (χ1v) is 7.10. The van der Waals surface area contributed by atoms with Gasteiger partial charge in [-0.2, -0.15) is 4.99 Å². The van der Waals surface area contributed by atoms with Gasteiger partial charge in [-0.1, -0.05) is 49.6 Å². The number of nitrogens with zero attached hydrogens (tertiary/aromatic N) is 1. The SMILES string of the molecule is O=C=NC(OC(=O)Cc1ccccc1)C1CCCCC1. The fourth-order valence-electron chi connectivity index (χ4n) is 2.64. The maximum absolute atomic E-state index is 11.9. The van der Waals surface area contributed by atoms with E-state index in [1.165, 1.54) is 12.5 Å². The second-order valence-corrected chi connectivity index (χ2v) is 5.16. The van der Waals surface area contributed by atoms with Gasteiger partial charge in [0.25, 0.3) is 0 Å². The van der Waals surface area contributed by atoms with Gasteiger partial charge in [0, 0.05) is 5.92 Å². The van der Waals surface area contributed by atoms with Crippen LogP contribution in [-0.2, 0) is 20.7 Å². The number of isocyanates is 1. The van der Waals surface area contributed by atoms with Crippen LogP contribution >= 0.6 is 0 Å². The lowest BCUT2D eigenvalue weighted by Crippen LogP contribution is -2.27. The zero-order valence-corrected chi connectivity index (χ0v) is 11.5. The standard InChI is InChI=1S/C16H19NO3/c18-12-17-16(14-9-5-2-6-10-14)20-15(19)11-13-7-3-1-4-8-13/h1,3-4,7-8,14,16H,2,5-6,9-11H2. The number of hydrogen-bond donors (Lipinski definition) is 0. The van der Waals surface area contributed by atoms with E-state index < -0.39 is 6.23 Å². The second-order valence-electron chi connectivity index (χ2n) is 5.16. The number of rotatable bonds is 5. The third-order valence-electron chi connectivity index (χ3n) is 3.68. The van der Waals surface area contributed by atoms with Crippen molar-refractivity contribution < 1.29 is 14.3 Å². The third-order valence-corrected chi connectivity index (χ3v) is 3.68. The third kappa shape index (κ3) is 4.32. The molecule has 0 radical (unpaired) electrons. The number of esters is 1. The Balaban J connectivity index is 1.93. The van der Waals surface area contributed by atoms with Gasteiger partial charge >= 0.3 is 5.97 Å². The van der Waals surface area contributed by atoms with Gasteiger partial charge in [-0.15, -0.1) is 0 Å². The molecule has 4 nitrogen and oxygen atoms in total. The maximum atomic E-state index is 11.9. The summed E-state index contributed by atoms with van der Waals surface area (Å²) in [7, 11) is 0. The summed E-state index contributed by atoms with van der Waals surface area (Å²) in [5.74, 6) is -0.185. The largest absolute Gasteiger partial charge is 0.438 e. The Morgan fingerprint density at radius 1 is 1.25 bits per heavy atom. The molecule has 1 aromatic carbocycles. The first kappa shape index (κ1) is 14.5. The molecule has 0 aliphatic heterocycles. The Morgan fingerprint density at radius 3 is 2.60 bits per heavy atom. The van der Waals surface area contributed by atoms with Gasteiger partial charge in [-0.25, -0.2) is 4.79 Å². The minimum Gasteiger partial charge on any atom is -0.438 e. The number of aliphatic imine (C=N–C) groups is 1. The second kappa shape index (κ2) is 7.61. The van der Waals surface area contributed by atoms with Crippen LogP contribution in [-0.4, -0.2) is 18.3 Å². The van der Waals surface area contributed by atoms with Gasteiger partial charge in [-0.05, 0) is 18.4 Å². The Hall–Kier alpha value is -1.93. The number of carbonyl (C=O) groups is 1. The summed E-state index contributed by atoms with van der Waals surface area (Å²) in [5.41, 5.74) is 0.898. The molecule has 0 amide bonds. The number of carbonyl (C=O) groups excluding carboxylic acids is 2. The summed E-state index contributed by atoms with van der Waals surface area (Å²) in [6.07, 6.45) is 6.39. The lowest BCUT2D eigenvalue weighted by atomic mass is 9.88. The van der Waals surface area contributed by atoms with Crippen molar-refractivity contribution in [3.8, 4) is 0 Å². The van der Waals surface area contributed by atoms with Crippen molar-refractivity contribution in [1.82, 2.24) is 0 Å². The summed E-state index contributed by atoms with van der Waals surface area (Å²) in [5, 5.41) is 0. The van der Waals surface area contributed by atoms with Crippen LogP contribution in [0.25, 0.3) is 0 Å². The van der Waals surface area contributed by atoms with Crippen molar-refractivity contribution >= 4 is 12.0 Å². The van der Waals surface area contributed by atoms with E-state index in [1.807, 2.05) is 30.3 Å². The van der Waals surface area contributed by atoms with Crippen LogP contribution in [0, 0.1) is 5.92 Å². The normalized spacial score (nSPS) is 17.0. The fourth-order valence-corrected chi connectivity index (χ4v) is 2.64. The first-order valence-electron chi connectivity index (χ1n) is 7.10. The molecule has 1 saturated carbocycles. The van der Waals surface area contributed by atoms with Crippen molar-refractivity contribution in [1.29, 1.82) is 0 Å². The van der Waals surface area contributed by atoms with Gasteiger partial charge < -0.3 is 4.74 Å². The quantitative estimate of drug-likeness (QED) is 0.471. The Bertz CT molecular complexity index is 474. The van der Waals surface area contributed by atoms with E-state index in [2.05, 4.69) is 4.99 Å². The number of ether oxygens (including phenoxy) is 1. The van der Waals surface area contributed by atoms with Crippen molar-refractivity contribution in [3.63, 3.8) is 0 Å². The van der Waals surface area contributed by atoms with Crippen LogP contribution in [0.3, 0.4) is 0 Å². The predicted molar refractivity (Wildman–Crippen MR) is 74.7 cm³/mol. The molecule has 1 aliphatic rings. The molecule has 0 N–H and O–H groups in total. The number of benzene rings is 1. The van der Waals surface area contributed by atoms with Crippen LogP contribution in [0.2, 0.25) is 0 Å². The fraction of sp³-hybridized carbons (Fsp3) is 0.500. The highest BCUT2D eigenvalue weighted by Crippen LogP contribution is 2.28. The summed E-state index contributed by atoms with van der Waals surface area (Å²) in [4.78, 5) is 26.1. The average molecular weight is 273 g/mol. The van der Waals surface area contributed by atoms with Gasteiger partial charge in [-0.3, -0.25) is 4.79 Å². The molecule has 0 saturated heterocycles. The molecule has 4 heteroatoms. The van der Waals surface area contributed by atoms with E-state index >= 15 is 0 Å². The molecule has 2 rings (SSSR count). The monoisotopic (exact) mass is 273 g/mol. The molecular weight excluding hydrogens is 254 g/mol. The molecule has 1 aliphatic carbocycles. The highest BCUT2D eigenvalue weighted by atomic mass is 16.6. The minimum atomic E-state index is -0.663. The van der Waals surface area contributed by atoms with Crippen LogP contribution in [0.15, 0.2) is 35.3 Å². The van der Waals surface area contributed by atoms with Crippen molar-refractivity contribution in [2.45, 2.75) is 44.8 Å². The molecule has 0 heterocycles. The molecule has 0 spiro atoms. The van der Waals surface area contributed by atoms with Gasteiger partial charge in [0.2, 0.25) is 12.3 Å². The summed E-state index contributed by atoms with van der Waals surface area (Å²) >= 11 is 0. The highest BCUT2D eigenvalue weighted by molar-refractivity contribution is 5.72. The summed E-state index contributed by atoms with van der Waals surface area (Å²) < 4.78 is 5.37. The van der Waals surface area contributed by atoms with Crippen molar-refractivity contribution in [2.24, 2.45) is 10.9 Å². The lowest BCUT2D eigenvalue weighted by Gasteiger charge is -2.26. The smallest absolute Gasteiger partial charge is 0.312 e. The molecule has 20 heavy (non-hydrogen) atoms. The summed E-state index contributed by atoms with van der Waals surface area (Å²) in [6, 6.07) is 9.41. The Kier molecular flexibility index (Phi) is 5.51. The zero-order valence-electron chi connectivity index (χ0n) is 11.5. The average Bonchev–Trinajstić information content (AvgIpc) is 2.49. The predicted octanol–water partition coefficient (Wildman–Crippen LogP) is 3.01. The summed E-state index contributed by atoms with van der Waals surface area (Å²) in [6.45, 7) is 0. The van der Waals surface area contributed by atoms with E-state index in [0.29, 0.717) is 0 Å². The van der Waals surface area contributed by atoms with Gasteiger partial charge in [0.1, 0.15) is 0 Å². The molecule has 106 valence electrons. The van der Waals surface area contributed by atoms with Crippen LogP contribution in [0.1, 0.15) is 37.7 Å². The molecule has 1 unspecified atom stereocenters. The highest BCUT2D eigenvalue weighted by Gasteiger charge is 2.26. The zero-order chi connectivity index (χ0) is 14.2. The molecular formula is C16H19NO3. The Labute approximate surface area is 118 Å². The maximum Gasteiger partial charge on any atom is 0.312 e. The molecule has 0 aromatic heterocycles.